The van der Waals surface area contributed by atoms with Crippen LogP contribution in [0, 0.1) is 11.8 Å². The number of hydrogen-bond donors (Lipinski definition) is 3. The molecule has 1 aliphatic carbocycles. The van der Waals surface area contributed by atoms with Crippen molar-refractivity contribution in [1.29, 1.82) is 0 Å². The number of piperidine rings is 1. The van der Waals surface area contributed by atoms with Gasteiger partial charge in [0.25, 0.3) is 0 Å². The number of aliphatic hydroxyl groups is 1. The zero-order valence-corrected chi connectivity index (χ0v) is 15.3. The summed E-state index contributed by atoms with van der Waals surface area (Å²) in [6, 6.07) is 8.65. The fraction of sp³-hybridized carbons (Fsp3) is 0.550. The third kappa shape index (κ3) is 2.92. The van der Waals surface area contributed by atoms with Gasteiger partial charge in [0.2, 0.25) is 5.91 Å². The van der Waals surface area contributed by atoms with Crippen molar-refractivity contribution in [2.75, 3.05) is 0 Å². The lowest BCUT2D eigenvalue weighted by molar-refractivity contribution is -0.126. The van der Waals surface area contributed by atoms with Gasteiger partial charge in [0.05, 0.1) is 11.4 Å². The molecule has 0 spiro atoms. The van der Waals surface area contributed by atoms with Crippen molar-refractivity contribution in [2.45, 2.75) is 55.5 Å². The van der Waals surface area contributed by atoms with Crippen LogP contribution in [0.3, 0.4) is 0 Å². The molecule has 3 aliphatic rings. The van der Waals surface area contributed by atoms with Gasteiger partial charge >= 0.3 is 0 Å². The number of rotatable bonds is 3. The van der Waals surface area contributed by atoms with E-state index >= 15 is 0 Å². The highest BCUT2D eigenvalue weighted by atomic mass is 32.2. The maximum absolute atomic E-state index is 12.4. The Hall–Kier alpha value is -1.30. The van der Waals surface area contributed by atoms with E-state index in [4.69, 9.17) is 5.73 Å². The van der Waals surface area contributed by atoms with Gasteiger partial charge in [-0.15, -0.1) is 11.8 Å². The standard InChI is InChI=1S/C20H26N2O2S/c1-2-14(21)11-3-5-12(6-4-11)17-16(23)8-7-15-18(17)13-9-10-25-19(13)20(24)22-15/h3-6,9-10,13-19,23H,2,7-8,21H2,1H3,(H,22,24). The number of benzene rings is 1. The minimum atomic E-state index is -0.360. The quantitative estimate of drug-likeness (QED) is 0.777. The molecule has 1 aromatic rings. The molecule has 5 heteroatoms. The Kier molecular flexibility index (Phi) is 4.65. The molecule has 1 saturated heterocycles. The number of nitrogens with one attached hydrogen (secondary N) is 1. The van der Waals surface area contributed by atoms with Crippen LogP contribution in [-0.4, -0.2) is 28.4 Å². The summed E-state index contributed by atoms with van der Waals surface area (Å²) in [6.07, 6.45) is 4.32. The lowest BCUT2D eigenvalue weighted by atomic mass is 9.63. The molecule has 4 rings (SSSR count). The van der Waals surface area contributed by atoms with Crippen molar-refractivity contribution >= 4 is 17.7 Å². The highest BCUT2D eigenvalue weighted by Crippen LogP contribution is 2.50. The van der Waals surface area contributed by atoms with Crippen molar-refractivity contribution in [1.82, 2.24) is 5.32 Å². The van der Waals surface area contributed by atoms with Gasteiger partial charge in [0.15, 0.2) is 0 Å². The molecule has 134 valence electrons. The summed E-state index contributed by atoms with van der Waals surface area (Å²) in [5.74, 6) is 0.674. The van der Waals surface area contributed by atoms with Crippen LogP contribution in [0.25, 0.3) is 0 Å². The highest BCUT2D eigenvalue weighted by molar-refractivity contribution is 8.03. The van der Waals surface area contributed by atoms with Gasteiger partial charge in [0, 0.05) is 23.9 Å². The van der Waals surface area contributed by atoms with Crippen molar-refractivity contribution < 1.29 is 9.90 Å². The normalized spacial score (nSPS) is 38.0. The zero-order valence-electron chi connectivity index (χ0n) is 14.5. The number of carbonyl (C=O) groups excluding carboxylic acids is 1. The van der Waals surface area contributed by atoms with E-state index in [9.17, 15) is 9.90 Å². The van der Waals surface area contributed by atoms with Gasteiger partial charge in [-0.25, -0.2) is 0 Å². The predicted octanol–water partition coefficient (Wildman–Crippen LogP) is 2.69. The fourth-order valence-corrected chi connectivity index (χ4v) is 5.88. The van der Waals surface area contributed by atoms with Gasteiger partial charge in [-0.2, -0.15) is 0 Å². The molecule has 25 heavy (non-hydrogen) atoms. The van der Waals surface area contributed by atoms with Gasteiger partial charge in [-0.05, 0) is 41.7 Å². The van der Waals surface area contributed by atoms with Gasteiger partial charge in [-0.1, -0.05) is 37.3 Å². The van der Waals surface area contributed by atoms with Crippen molar-refractivity contribution in [3.63, 3.8) is 0 Å². The van der Waals surface area contributed by atoms with E-state index in [2.05, 4.69) is 48.0 Å². The Morgan fingerprint density at radius 3 is 2.80 bits per heavy atom. The maximum Gasteiger partial charge on any atom is 0.234 e. The molecule has 0 bridgehead atoms. The topological polar surface area (TPSA) is 75.3 Å². The van der Waals surface area contributed by atoms with E-state index < -0.39 is 0 Å². The van der Waals surface area contributed by atoms with Crippen molar-refractivity contribution in [2.24, 2.45) is 17.6 Å². The SMILES string of the molecule is CCC(N)c1ccc(C2C(O)CCC3NC(=O)C4SC=CC4C32)cc1. The molecule has 1 saturated carbocycles. The minimum absolute atomic E-state index is 0.0400. The van der Waals surface area contributed by atoms with E-state index in [0.29, 0.717) is 0 Å². The smallest absolute Gasteiger partial charge is 0.234 e. The Bertz CT molecular complexity index is 675. The number of nitrogens with two attached hydrogens (primary N) is 1. The first-order valence-electron chi connectivity index (χ1n) is 9.26. The monoisotopic (exact) mass is 358 g/mol. The van der Waals surface area contributed by atoms with Gasteiger partial charge in [0.1, 0.15) is 0 Å². The average molecular weight is 359 g/mol. The van der Waals surface area contributed by atoms with Crippen LogP contribution in [0.4, 0.5) is 0 Å². The number of fused-ring (bicyclic) bond motifs is 3. The highest BCUT2D eigenvalue weighted by Gasteiger charge is 2.51. The number of thioether (sulfide) groups is 1. The maximum atomic E-state index is 12.4. The lowest BCUT2D eigenvalue weighted by Crippen LogP contribution is -2.59. The summed E-state index contributed by atoms with van der Waals surface area (Å²) in [5, 5.41) is 16.0. The second kappa shape index (κ2) is 6.78. The van der Waals surface area contributed by atoms with Crippen LogP contribution >= 0.6 is 11.8 Å². The number of hydrogen-bond acceptors (Lipinski definition) is 4. The third-order valence-electron chi connectivity index (χ3n) is 6.16. The summed E-state index contributed by atoms with van der Waals surface area (Å²) >= 11 is 1.61. The Morgan fingerprint density at radius 2 is 2.08 bits per heavy atom. The number of carbonyl (C=O) groups is 1. The molecular weight excluding hydrogens is 332 g/mol. The molecule has 1 aromatic carbocycles. The van der Waals surface area contributed by atoms with Crippen molar-refractivity contribution in [3.05, 3.63) is 46.9 Å². The first kappa shape index (κ1) is 17.1. The summed E-state index contributed by atoms with van der Waals surface area (Å²) in [4.78, 5) is 12.4. The van der Waals surface area contributed by atoms with Gasteiger partial charge in [-0.3, -0.25) is 4.79 Å². The summed E-state index contributed by atoms with van der Waals surface area (Å²) < 4.78 is 0. The van der Waals surface area contributed by atoms with E-state index in [0.717, 1.165) is 30.4 Å². The lowest BCUT2D eigenvalue weighted by Gasteiger charge is -2.48. The third-order valence-corrected chi connectivity index (χ3v) is 7.30. The number of amides is 1. The second-order valence-electron chi connectivity index (χ2n) is 7.51. The Morgan fingerprint density at radius 1 is 1.32 bits per heavy atom. The molecule has 0 aromatic heterocycles. The fourth-order valence-electron chi connectivity index (χ4n) is 4.79. The number of aliphatic hydroxyl groups excluding tert-OH is 1. The molecule has 7 unspecified atom stereocenters. The van der Waals surface area contributed by atoms with Crippen LogP contribution in [0.1, 0.15) is 49.3 Å². The first-order valence-corrected chi connectivity index (χ1v) is 10.2. The first-order chi connectivity index (χ1) is 12.1. The van der Waals surface area contributed by atoms with Crippen LogP contribution in [-0.2, 0) is 4.79 Å². The molecule has 4 N–H and O–H groups in total. The average Bonchev–Trinajstić information content (AvgIpc) is 3.12. The predicted molar refractivity (Wildman–Crippen MR) is 101 cm³/mol. The number of allylic oxidation sites excluding steroid dienone is 1. The Labute approximate surface area is 153 Å². The Balaban J connectivity index is 1.66. The zero-order chi connectivity index (χ0) is 17.6. The molecule has 1 amide bonds. The van der Waals surface area contributed by atoms with E-state index in [-0.39, 0.29) is 47.1 Å². The van der Waals surface area contributed by atoms with Crippen LogP contribution in [0.2, 0.25) is 0 Å². The van der Waals surface area contributed by atoms with E-state index in [1.807, 2.05) is 0 Å². The molecule has 2 fully saturated rings. The molecule has 4 nitrogen and oxygen atoms in total. The summed E-state index contributed by atoms with van der Waals surface area (Å²) in [5.41, 5.74) is 8.43. The van der Waals surface area contributed by atoms with E-state index in [1.54, 1.807) is 11.8 Å². The summed E-state index contributed by atoms with van der Waals surface area (Å²) in [7, 11) is 0. The molecule has 0 radical (unpaired) electrons. The molecule has 2 aliphatic heterocycles. The minimum Gasteiger partial charge on any atom is -0.392 e. The van der Waals surface area contributed by atoms with Crippen LogP contribution in [0.5, 0.6) is 0 Å². The molecule has 7 atom stereocenters. The molecule has 2 heterocycles. The van der Waals surface area contributed by atoms with Gasteiger partial charge < -0.3 is 16.2 Å². The largest absolute Gasteiger partial charge is 0.392 e. The second-order valence-corrected chi connectivity index (χ2v) is 8.56. The van der Waals surface area contributed by atoms with Crippen molar-refractivity contribution in [3.8, 4) is 0 Å². The van der Waals surface area contributed by atoms with Crippen LogP contribution in [0.15, 0.2) is 35.7 Å². The molecular formula is C20H26N2O2S. The van der Waals surface area contributed by atoms with Crippen LogP contribution < -0.4 is 11.1 Å². The summed E-state index contributed by atoms with van der Waals surface area (Å²) in [6.45, 7) is 2.09. The van der Waals surface area contributed by atoms with E-state index in [1.165, 1.54) is 0 Å².